The minimum absolute atomic E-state index is 0.0630. The van der Waals surface area contributed by atoms with Crippen molar-refractivity contribution in [2.45, 2.75) is 23.8 Å². The highest BCUT2D eigenvalue weighted by Gasteiger charge is 2.27. The summed E-state index contributed by atoms with van der Waals surface area (Å²) in [7, 11) is -6.68. The zero-order valence-electron chi connectivity index (χ0n) is 11.6. The predicted octanol–water partition coefficient (Wildman–Crippen LogP) is 0.0553. The molecule has 2 rings (SSSR count). The standard InChI is InChI=1S/C12H18N2O5S2/c1-20(15,16)13-8-9-19-11-4-6-12(7-5-11)21(17,18)14-10-2-3-10/h4-7,10,13-14H,2-3,8-9H2,1H3. The van der Waals surface area contributed by atoms with E-state index in [0.29, 0.717) is 5.75 Å². The molecule has 0 aliphatic heterocycles. The third kappa shape index (κ3) is 5.62. The van der Waals surface area contributed by atoms with E-state index >= 15 is 0 Å². The summed E-state index contributed by atoms with van der Waals surface area (Å²) < 4.78 is 55.8. The molecule has 118 valence electrons. The minimum Gasteiger partial charge on any atom is -0.492 e. The molecule has 1 aliphatic carbocycles. The van der Waals surface area contributed by atoms with E-state index in [0.717, 1.165) is 19.1 Å². The monoisotopic (exact) mass is 334 g/mol. The Bertz CT molecular complexity index is 679. The molecule has 0 saturated heterocycles. The maximum Gasteiger partial charge on any atom is 0.240 e. The molecule has 21 heavy (non-hydrogen) atoms. The highest BCUT2D eigenvalue weighted by Crippen LogP contribution is 2.23. The first kappa shape index (κ1) is 16.2. The second-order valence-corrected chi connectivity index (χ2v) is 8.43. The van der Waals surface area contributed by atoms with Gasteiger partial charge in [0.2, 0.25) is 20.0 Å². The summed E-state index contributed by atoms with van der Waals surface area (Å²) >= 11 is 0. The molecule has 0 heterocycles. The highest BCUT2D eigenvalue weighted by atomic mass is 32.2. The van der Waals surface area contributed by atoms with Crippen LogP contribution >= 0.6 is 0 Å². The lowest BCUT2D eigenvalue weighted by molar-refractivity contribution is 0.322. The molecule has 1 aliphatic rings. The third-order valence-corrected chi connectivity index (χ3v) is 5.03. The fraction of sp³-hybridized carbons (Fsp3) is 0.500. The van der Waals surface area contributed by atoms with E-state index in [1.165, 1.54) is 12.1 Å². The van der Waals surface area contributed by atoms with Crippen molar-refractivity contribution in [3.8, 4) is 5.75 Å². The Kier molecular flexibility index (Phi) is 4.87. The van der Waals surface area contributed by atoms with E-state index in [4.69, 9.17) is 4.74 Å². The van der Waals surface area contributed by atoms with Crippen molar-refractivity contribution in [3.05, 3.63) is 24.3 Å². The van der Waals surface area contributed by atoms with Crippen LogP contribution in [0.15, 0.2) is 29.2 Å². The summed E-state index contributed by atoms with van der Waals surface area (Å²) in [6.07, 6.45) is 2.83. The molecular formula is C12H18N2O5S2. The molecular weight excluding hydrogens is 316 g/mol. The smallest absolute Gasteiger partial charge is 0.240 e. The van der Waals surface area contributed by atoms with Gasteiger partial charge in [0.15, 0.2) is 0 Å². The van der Waals surface area contributed by atoms with Gasteiger partial charge in [-0.05, 0) is 37.1 Å². The molecule has 0 atom stereocenters. The first-order valence-electron chi connectivity index (χ1n) is 6.46. The number of hydrogen-bond acceptors (Lipinski definition) is 5. The summed E-state index contributed by atoms with van der Waals surface area (Å²) in [6, 6.07) is 6.07. The Morgan fingerprint density at radius 3 is 2.29 bits per heavy atom. The van der Waals surface area contributed by atoms with Crippen molar-refractivity contribution >= 4 is 20.0 Å². The van der Waals surface area contributed by atoms with Crippen LogP contribution in [0.5, 0.6) is 5.75 Å². The fourth-order valence-electron chi connectivity index (χ4n) is 1.60. The van der Waals surface area contributed by atoms with E-state index < -0.39 is 20.0 Å². The molecule has 1 aromatic carbocycles. The topological polar surface area (TPSA) is 102 Å². The summed E-state index contributed by atoms with van der Waals surface area (Å²) in [4.78, 5) is 0.191. The van der Waals surface area contributed by atoms with Crippen molar-refractivity contribution in [2.75, 3.05) is 19.4 Å². The van der Waals surface area contributed by atoms with Crippen LogP contribution in [0.1, 0.15) is 12.8 Å². The van der Waals surface area contributed by atoms with Crippen LogP contribution in [0.2, 0.25) is 0 Å². The van der Waals surface area contributed by atoms with Gasteiger partial charge in [-0.25, -0.2) is 26.3 Å². The number of rotatable bonds is 8. The average Bonchev–Trinajstić information content (AvgIpc) is 3.17. The van der Waals surface area contributed by atoms with Crippen molar-refractivity contribution < 1.29 is 21.6 Å². The van der Waals surface area contributed by atoms with Crippen molar-refractivity contribution in [2.24, 2.45) is 0 Å². The van der Waals surface area contributed by atoms with Crippen molar-refractivity contribution in [1.82, 2.24) is 9.44 Å². The number of nitrogens with one attached hydrogen (secondary N) is 2. The van der Waals surface area contributed by atoms with E-state index in [9.17, 15) is 16.8 Å². The first-order chi connectivity index (χ1) is 9.76. The van der Waals surface area contributed by atoms with E-state index in [1.54, 1.807) is 12.1 Å². The fourth-order valence-corrected chi connectivity index (χ4v) is 3.36. The zero-order valence-corrected chi connectivity index (χ0v) is 13.2. The molecule has 1 saturated carbocycles. The lowest BCUT2D eigenvalue weighted by Crippen LogP contribution is -2.27. The number of hydrogen-bond donors (Lipinski definition) is 2. The van der Waals surface area contributed by atoms with Gasteiger partial charge in [0.05, 0.1) is 11.2 Å². The first-order valence-corrected chi connectivity index (χ1v) is 9.83. The zero-order chi connectivity index (χ0) is 15.5. The Morgan fingerprint density at radius 1 is 1.14 bits per heavy atom. The predicted molar refractivity (Wildman–Crippen MR) is 78.1 cm³/mol. The van der Waals surface area contributed by atoms with Gasteiger partial charge in [-0.2, -0.15) is 0 Å². The van der Waals surface area contributed by atoms with Gasteiger partial charge in [-0.15, -0.1) is 0 Å². The van der Waals surface area contributed by atoms with Gasteiger partial charge in [0.1, 0.15) is 12.4 Å². The second-order valence-electron chi connectivity index (χ2n) is 4.88. The van der Waals surface area contributed by atoms with Crippen molar-refractivity contribution in [1.29, 1.82) is 0 Å². The molecule has 0 spiro atoms. The highest BCUT2D eigenvalue weighted by molar-refractivity contribution is 7.89. The summed E-state index contributed by atoms with van der Waals surface area (Å²) in [5, 5.41) is 0. The van der Waals surface area contributed by atoms with Gasteiger partial charge in [0.25, 0.3) is 0 Å². The molecule has 0 aromatic heterocycles. The van der Waals surface area contributed by atoms with E-state index in [1.807, 2.05) is 0 Å². The van der Waals surface area contributed by atoms with Crippen LogP contribution in [0.4, 0.5) is 0 Å². The molecule has 1 aromatic rings. The summed E-state index contributed by atoms with van der Waals surface area (Å²) in [6.45, 7) is 0.321. The Morgan fingerprint density at radius 2 is 1.76 bits per heavy atom. The van der Waals surface area contributed by atoms with Crippen LogP contribution in [0, 0.1) is 0 Å². The van der Waals surface area contributed by atoms with E-state index in [2.05, 4.69) is 9.44 Å². The normalized spacial score (nSPS) is 15.9. The Balaban J connectivity index is 1.87. The quantitative estimate of drug-likeness (QED) is 0.654. The van der Waals surface area contributed by atoms with Crippen LogP contribution in [0.3, 0.4) is 0 Å². The third-order valence-electron chi connectivity index (χ3n) is 2.77. The largest absolute Gasteiger partial charge is 0.492 e. The van der Waals surface area contributed by atoms with Crippen LogP contribution < -0.4 is 14.2 Å². The Hall–Kier alpha value is -1.16. The van der Waals surface area contributed by atoms with Crippen LogP contribution in [0.25, 0.3) is 0 Å². The molecule has 7 nitrogen and oxygen atoms in total. The van der Waals surface area contributed by atoms with E-state index in [-0.39, 0.29) is 24.1 Å². The molecule has 0 amide bonds. The van der Waals surface area contributed by atoms with Crippen LogP contribution in [-0.4, -0.2) is 42.3 Å². The maximum absolute atomic E-state index is 11.9. The van der Waals surface area contributed by atoms with Gasteiger partial charge < -0.3 is 4.74 Å². The molecule has 9 heteroatoms. The van der Waals surface area contributed by atoms with Gasteiger partial charge in [-0.1, -0.05) is 0 Å². The summed E-state index contributed by atoms with van der Waals surface area (Å²) in [5.41, 5.74) is 0. The molecule has 0 radical (unpaired) electrons. The molecule has 0 unspecified atom stereocenters. The van der Waals surface area contributed by atoms with Crippen molar-refractivity contribution in [3.63, 3.8) is 0 Å². The number of sulfonamides is 2. The number of ether oxygens (including phenoxy) is 1. The maximum atomic E-state index is 11.9. The van der Waals surface area contributed by atoms with Gasteiger partial charge >= 0.3 is 0 Å². The molecule has 2 N–H and O–H groups in total. The lowest BCUT2D eigenvalue weighted by Gasteiger charge is -2.08. The minimum atomic E-state index is -3.46. The van der Waals surface area contributed by atoms with Gasteiger partial charge in [-0.3, -0.25) is 0 Å². The lowest BCUT2D eigenvalue weighted by atomic mass is 10.3. The van der Waals surface area contributed by atoms with Crippen LogP contribution in [-0.2, 0) is 20.0 Å². The molecule has 1 fully saturated rings. The SMILES string of the molecule is CS(=O)(=O)NCCOc1ccc(S(=O)(=O)NC2CC2)cc1. The van der Waals surface area contributed by atoms with Gasteiger partial charge in [0, 0.05) is 12.6 Å². The second kappa shape index (κ2) is 6.30. The molecule has 0 bridgehead atoms. The number of benzene rings is 1. The Labute approximate surface area is 124 Å². The average molecular weight is 334 g/mol. The summed E-state index contributed by atoms with van der Waals surface area (Å²) in [5.74, 6) is 0.482.